The van der Waals surface area contributed by atoms with E-state index in [2.05, 4.69) is 15.9 Å². The van der Waals surface area contributed by atoms with E-state index in [1.165, 1.54) is 6.07 Å². The molecule has 5 nitrogen and oxygen atoms in total. The molecule has 0 bridgehead atoms. The van der Waals surface area contributed by atoms with E-state index in [1.54, 1.807) is 19.9 Å². The zero-order valence-electron chi connectivity index (χ0n) is 10.3. The SMILES string of the molecule is CCC(Oc1c(C)cc(Br)cc1S(=O)(=O)Cl)C(N)=O. The average molecular weight is 371 g/mol. The van der Waals surface area contributed by atoms with E-state index in [1.807, 2.05) is 0 Å². The van der Waals surface area contributed by atoms with Crippen LogP contribution in [0.15, 0.2) is 21.5 Å². The summed E-state index contributed by atoms with van der Waals surface area (Å²) in [5.41, 5.74) is 5.71. The Morgan fingerprint density at radius 3 is 2.53 bits per heavy atom. The topological polar surface area (TPSA) is 86.5 Å². The first-order chi connectivity index (χ1) is 8.66. The van der Waals surface area contributed by atoms with E-state index in [0.29, 0.717) is 16.5 Å². The maximum absolute atomic E-state index is 11.5. The van der Waals surface area contributed by atoms with Gasteiger partial charge in [0.2, 0.25) is 0 Å². The van der Waals surface area contributed by atoms with Crippen LogP contribution in [0.5, 0.6) is 5.75 Å². The molecule has 0 spiro atoms. The number of ether oxygens (including phenoxy) is 1. The summed E-state index contributed by atoms with van der Waals surface area (Å²) in [6, 6.07) is 2.98. The number of amides is 1. The van der Waals surface area contributed by atoms with Crippen LogP contribution >= 0.6 is 26.6 Å². The van der Waals surface area contributed by atoms with Crippen molar-refractivity contribution in [3.63, 3.8) is 0 Å². The van der Waals surface area contributed by atoms with Crippen LogP contribution in [-0.2, 0) is 13.8 Å². The minimum absolute atomic E-state index is 0.0452. The molecule has 0 aliphatic heterocycles. The van der Waals surface area contributed by atoms with Gasteiger partial charge in [0.25, 0.3) is 15.0 Å². The highest BCUT2D eigenvalue weighted by Gasteiger charge is 2.24. The first-order valence-corrected chi connectivity index (χ1v) is 8.47. The van der Waals surface area contributed by atoms with Gasteiger partial charge in [0.15, 0.2) is 6.10 Å². The summed E-state index contributed by atoms with van der Waals surface area (Å²) < 4.78 is 29.0. The Morgan fingerprint density at radius 1 is 1.53 bits per heavy atom. The van der Waals surface area contributed by atoms with Gasteiger partial charge in [0, 0.05) is 15.2 Å². The molecule has 1 unspecified atom stereocenters. The Kier molecular flexibility index (Phi) is 5.23. The quantitative estimate of drug-likeness (QED) is 0.806. The molecule has 0 heterocycles. The molecule has 8 heteroatoms. The van der Waals surface area contributed by atoms with Crippen molar-refractivity contribution in [3.05, 3.63) is 22.2 Å². The number of rotatable bonds is 5. The largest absolute Gasteiger partial charge is 0.479 e. The van der Waals surface area contributed by atoms with Gasteiger partial charge in [0.05, 0.1) is 0 Å². The molecule has 1 amide bonds. The van der Waals surface area contributed by atoms with Crippen LogP contribution in [0.1, 0.15) is 18.9 Å². The third kappa shape index (κ3) is 4.09. The summed E-state index contributed by atoms with van der Waals surface area (Å²) in [6.45, 7) is 3.36. The second-order valence-corrected chi connectivity index (χ2v) is 7.35. The second kappa shape index (κ2) is 6.11. The van der Waals surface area contributed by atoms with Crippen LogP contribution in [0.25, 0.3) is 0 Å². The highest BCUT2D eigenvalue weighted by Crippen LogP contribution is 2.34. The molecule has 2 N–H and O–H groups in total. The number of aryl methyl sites for hydroxylation is 1. The zero-order chi connectivity index (χ0) is 14.8. The van der Waals surface area contributed by atoms with Crippen molar-refractivity contribution < 1.29 is 17.9 Å². The minimum Gasteiger partial charge on any atom is -0.479 e. The maximum atomic E-state index is 11.5. The van der Waals surface area contributed by atoms with Crippen LogP contribution < -0.4 is 10.5 Å². The number of primary amides is 1. The van der Waals surface area contributed by atoms with Crippen molar-refractivity contribution in [1.82, 2.24) is 0 Å². The average Bonchev–Trinajstić information content (AvgIpc) is 2.25. The minimum atomic E-state index is -3.99. The van der Waals surface area contributed by atoms with E-state index in [-0.39, 0.29) is 10.6 Å². The summed E-state index contributed by atoms with van der Waals surface area (Å²) in [7, 11) is 1.38. The van der Waals surface area contributed by atoms with Gasteiger partial charge < -0.3 is 10.5 Å². The predicted molar refractivity (Wildman–Crippen MR) is 75.8 cm³/mol. The van der Waals surface area contributed by atoms with Crippen LogP contribution in [0, 0.1) is 6.92 Å². The fourth-order valence-electron chi connectivity index (χ4n) is 1.52. The molecule has 1 atom stereocenters. The van der Waals surface area contributed by atoms with E-state index in [0.717, 1.165) is 0 Å². The molecule has 0 radical (unpaired) electrons. The van der Waals surface area contributed by atoms with Gasteiger partial charge in [-0.15, -0.1) is 0 Å². The number of nitrogens with two attached hydrogens (primary N) is 1. The first kappa shape index (κ1) is 16.3. The van der Waals surface area contributed by atoms with Crippen molar-refractivity contribution in [1.29, 1.82) is 0 Å². The Labute approximate surface area is 124 Å². The molecule has 1 rings (SSSR count). The Balaban J connectivity index is 3.38. The zero-order valence-corrected chi connectivity index (χ0v) is 13.5. The van der Waals surface area contributed by atoms with Gasteiger partial charge in [-0.05, 0) is 31.0 Å². The molecule has 106 valence electrons. The molecule has 0 fully saturated rings. The van der Waals surface area contributed by atoms with Crippen LogP contribution in [0.3, 0.4) is 0 Å². The molecule has 0 saturated heterocycles. The third-order valence-corrected chi connectivity index (χ3v) is 4.20. The molecule has 0 aliphatic carbocycles. The van der Waals surface area contributed by atoms with E-state index in [4.69, 9.17) is 21.2 Å². The Bertz CT molecular complexity index is 603. The number of hydrogen-bond acceptors (Lipinski definition) is 4. The fourth-order valence-corrected chi connectivity index (χ4v) is 3.28. The third-order valence-electron chi connectivity index (χ3n) is 2.42. The maximum Gasteiger partial charge on any atom is 0.265 e. The molecule has 0 aromatic heterocycles. The van der Waals surface area contributed by atoms with E-state index < -0.39 is 21.1 Å². The number of hydrogen-bond donors (Lipinski definition) is 1. The number of benzene rings is 1. The Hall–Kier alpha value is -0.790. The lowest BCUT2D eigenvalue weighted by Gasteiger charge is -2.18. The lowest BCUT2D eigenvalue weighted by atomic mass is 10.2. The second-order valence-electron chi connectivity index (χ2n) is 3.90. The fraction of sp³-hybridized carbons (Fsp3) is 0.364. The molecule has 19 heavy (non-hydrogen) atoms. The molecule has 0 aliphatic rings. The van der Waals surface area contributed by atoms with E-state index >= 15 is 0 Å². The molecule has 1 aromatic rings. The van der Waals surface area contributed by atoms with Crippen molar-refractivity contribution >= 4 is 41.6 Å². The summed E-state index contributed by atoms with van der Waals surface area (Å²) in [4.78, 5) is 11.0. The predicted octanol–water partition coefficient (Wildman–Crippen LogP) is 2.33. The van der Waals surface area contributed by atoms with Gasteiger partial charge in [-0.2, -0.15) is 0 Å². The van der Waals surface area contributed by atoms with Crippen LogP contribution in [0.4, 0.5) is 0 Å². The molecular formula is C11H13BrClNO4S. The van der Waals surface area contributed by atoms with Gasteiger partial charge >= 0.3 is 0 Å². The van der Waals surface area contributed by atoms with Crippen molar-refractivity contribution in [2.45, 2.75) is 31.3 Å². The lowest BCUT2D eigenvalue weighted by Crippen LogP contribution is -2.33. The van der Waals surface area contributed by atoms with E-state index in [9.17, 15) is 13.2 Å². The standard InChI is InChI=1S/C11H13BrClNO4S/c1-3-8(11(14)15)18-10-6(2)4-7(12)5-9(10)19(13,16)17/h4-5,8H,3H2,1-2H3,(H2,14,15). The summed E-state index contributed by atoms with van der Waals surface area (Å²) >= 11 is 3.18. The summed E-state index contributed by atoms with van der Waals surface area (Å²) in [6.07, 6.45) is -0.580. The Morgan fingerprint density at radius 2 is 2.11 bits per heavy atom. The van der Waals surface area contributed by atoms with Crippen LogP contribution in [-0.4, -0.2) is 20.4 Å². The van der Waals surface area contributed by atoms with Gasteiger partial charge in [-0.25, -0.2) is 8.42 Å². The van der Waals surface area contributed by atoms with Crippen molar-refractivity contribution in [2.75, 3.05) is 0 Å². The number of carbonyl (C=O) groups is 1. The van der Waals surface area contributed by atoms with Crippen LogP contribution in [0.2, 0.25) is 0 Å². The van der Waals surface area contributed by atoms with Crippen molar-refractivity contribution in [2.24, 2.45) is 5.73 Å². The number of carbonyl (C=O) groups excluding carboxylic acids is 1. The normalized spacial score (nSPS) is 13.1. The summed E-state index contributed by atoms with van der Waals surface area (Å²) in [5.74, 6) is -0.619. The van der Waals surface area contributed by atoms with Crippen molar-refractivity contribution in [3.8, 4) is 5.75 Å². The highest BCUT2D eigenvalue weighted by molar-refractivity contribution is 9.10. The lowest BCUT2D eigenvalue weighted by molar-refractivity contribution is -0.124. The first-order valence-electron chi connectivity index (χ1n) is 5.37. The van der Waals surface area contributed by atoms with Gasteiger partial charge in [-0.3, -0.25) is 4.79 Å². The molecule has 0 saturated carbocycles. The molecule has 1 aromatic carbocycles. The van der Waals surface area contributed by atoms with Gasteiger partial charge in [0.1, 0.15) is 10.6 Å². The van der Waals surface area contributed by atoms with Gasteiger partial charge in [-0.1, -0.05) is 22.9 Å². The smallest absolute Gasteiger partial charge is 0.265 e. The monoisotopic (exact) mass is 369 g/mol. The summed E-state index contributed by atoms with van der Waals surface area (Å²) in [5, 5.41) is 0. The highest BCUT2D eigenvalue weighted by atomic mass is 79.9. The molecular weight excluding hydrogens is 358 g/mol. The number of halogens is 2.